The van der Waals surface area contributed by atoms with E-state index in [-0.39, 0.29) is 6.10 Å². The molecule has 1 saturated carbocycles. The Morgan fingerprint density at radius 3 is 2.81 bits per heavy atom. The number of hydrogen-bond donors (Lipinski definition) is 1. The van der Waals surface area contributed by atoms with E-state index in [1.54, 1.807) is 6.20 Å². The molecule has 0 amide bonds. The molecule has 1 aromatic heterocycles. The highest BCUT2D eigenvalue weighted by Crippen LogP contribution is 2.28. The van der Waals surface area contributed by atoms with Gasteiger partial charge >= 0.3 is 0 Å². The molecule has 1 aromatic carbocycles. The van der Waals surface area contributed by atoms with Crippen LogP contribution in [0.5, 0.6) is 5.88 Å². The molecule has 2 N–H and O–H groups in total. The van der Waals surface area contributed by atoms with Gasteiger partial charge in [-0.25, -0.2) is 4.98 Å². The monoisotopic (exact) mass is 214 g/mol. The Labute approximate surface area is 94.2 Å². The third-order valence-corrected chi connectivity index (χ3v) is 3.05. The van der Waals surface area contributed by atoms with Crippen molar-refractivity contribution in [3.05, 3.63) is 36.5 Å². The van der Waals surface area contributed by atoms with E-state index in [0.717, 1.165) is 29.5 Å². The standard InChI is InChI=1S/C13H14N2O/c14-10-7-11(8-10)16-13-12-4-2-1-3-9(12)5-6-15-13/h1-6,10-11H,7-8,14H2. The first-order valence-electron chi connectivity index (χ1n) is 5.59. The van der Waals surface area contributed by atoms with Crippen molar-refractivity contribution in [3.63, 3.8) is 0 Å². The van der Waals surface area contributed by atoms with Crippen molar-refractivity contribution in [3.8, 4) is 5.88 Å². The molecular formula is C13H14N2O. The van der Waals surface area contributed by atoms with E-state index < -0.39 is 0 Å². The molecule has 0 radical (unpaired) electrons. The van der Waals surface area contributed by atoms with Crippen LogP contribution in [0.2, 0.25) is 0 Å². The first-order chi connectivity index (χ1) is 7.83. The molecule has 82 valence electrons. The van der Waals surface area contributed by atoms with Gasteiger partial charge in [-0.15, -0.1) is 0 Å². The van der Waals surface area contributed by atoms with Crippen LogP contribution in [0.1, 0.15) is 12.8 Å². The number of ether oxygens (including phenoxy) is 1. The van der Waals surface area contributed by atoms with Crippen molar-refractivity contribution in [2.24, 2.45) is 5.73 Å². The summed E-state index contributed by atoms with van der Waals surface area (Å²) in [7, 11) is 0. The largest absolute Gasteiger partial charge is 0.474 e. The van der Waals surface area contributed by atoms with E-state index in [0.29, 0.717) is 6.04 Å². The summed E-state index contributed by atoms with van der Waals surface area (Å²) in [4.78, 5) is 4.29. The van der Waals surface area contributed by atoms with Crippen LogP contribution in [0.3, 0.4) is 0 Å². The second-order valence-electron chi connectivity index (χ2n) is 4.31. The number of fused-ring (bicyclic) bond motifs is 1. The summed E-state index contributed by atoms with van der Waals surface area (Å²) in [6.45, 7) is 0. The van der Waals surface area contributed by atoms with Gasteiger partial charge in [0.25, 0.3) is 0 Å². The Hall–Kier alpha value is -1.61. The number of nitrogens with two attached hydrogens (primary N) is 1. The molecule has 3 rings (SSSR count). The maximum Gasteiger partial charge on any atom is 0.221 e. The van der Waals surface area contributed by atoms with Crippen molar-refractivity contribution in [2.45, 2.75) is 25.0 Å². The fraction of sp³-hybridized carbons (Fsp3) is 0.308. The van der Waals surface area contributed by atoms with Crippen molar-refractivity contribution < 1.29 is 4.74 Å². The number of aromatic nitrogens is 1. The minimum atomic E-state index is 0.244. The first-order valence-corrected chi connectivity index (χ1v) is 5.59. The maximum absolute atomic E-state index is 5.84. The number of rotatable bonds is 2. The van der Waals surface area contributed by atoms with Crippen LogP contribution >= 0.6 is 0 Å². The average molecular weight is 214 g/mol. The second kappa shape index (κ2) is 3.76. The van der Waals surface area contributed by atoms with Gasteiger partial charge in [-0.05, 0) is 30.4 Å². The van der Waals surface area contributed by atoms with Gasteiger partial charge in [0.1, 0.15) is 6.10 Å². The number of benzene rings is 1. The Morgan fingerprint density at radius 2 is 2.00 bits per heavy atom. The van der Waals surface area contributed by atoms with E-state index in [1.807, 2.05) is 24.3 Å². The molecule has 0 atom stereocenters. The predicted octanol–water partition coefficient (Wildman–Crippen LogP) is 2.10. The number of hydrogen-bond acceptors (Lipinski definition) is 3. The molecule has 0 spiro atoms. The highest BCUT2D eigenvalue weighted by atomic mass is 16.5. The SMILES string of the molecule is NC1CC(Oc2nccc3ccccc23)C1. The third-order valence-electron chi connectivity index (χ3n) is 3.05. The molecule has 3 nitrogen and oxygen atoms in total. The van der Waals surface area contributed by atoms with Gasteiger partial charge in [-0.2, -0.15) is 0 Å². The third kappa shape index (κ3) is 1.63. The van der Waals surface area contributed by atoms with E-state index in [4.69, 9.17) is 10.5 Å². The van der Waals surface area contributed by atoms with Crippen molar-refractivity contribution in [2.75, 3.05) is 0 Å². The molecule has 16 heavy (non-hydrogen) atoms. The lowest BCUT2D eigenvalue weighted by Gasteiger charge is -2.32. The summed E-state index contributed by atoms with van der Waals surface area (Å²) >= 11 is 0. The summed E-state index contributed by atoms with van der Waals surface area (Å²) in [5.41, 5.74) is 5.73. The molecule has 0 unspecified atom stereocenters. The Kier molecular flexibility index (Phi) is 2.26. The molecule has 1 fully saturated rings. The fourth-order valence-electron chi connectivity index (χ4n) is 2.05. The average Bonchev–Trinajstić information content (AvgIpc) is 2.27. The van der Waals surface area contributed by atoms with Crippen LogP contribution in [0, 0.1) is 0 Å². The number of pyridine rings is 1. The van der Waals surface area contributed by atoms with Gasteiger partial charge in [0.15, 0.2) is 0 Å². The highest BCUT2D eigenvalue weighted by Gasteiger charge is 2.28. The summed E-state index contributed by atoms with van der Waals surface area (Å²) < 4.78 is 5.84. The van der Waals surface area contributed by atoms with Crippen LogP contribution in [-0.4, -0.2) is 17.1 Å². The van der Waals surface area contributed by atoms with Crippen LogP contribution in [0.15, 0.2) is 36.5 Å². The molecule has 1 aliphatic carbocycles. The van der Waals surface area contributed by atoms with Gasteiger partial charge in [-0.3, -0.25) is 0 Å². The molecule has 2 aromatic rings. The lowest BCUT2D eigenvalue weighted by molar-refractivity contribution is 0.0977. The molecule has 0 bridgehead atoms. The topological polar surface area (TPSA) is 48.1 Å². The van der Waals surface area contributed by atoms with Crippen molar-refractivity contribution >= 4 is 10.8 Å². The van der Waals surface area contributed by atoms with E-state index in [2.05, 4.69) is 11.1 Å². The summed E-state index contributed by atoms with van der Waals surface area (Å²) in [6.07, 6.45) is 3.90. The lowest BCUT2D eigenvalue weighted by atomic mass is 9.90. The molecule has 1 aliphatic rings. The van der Waals surface area contributed by atoms with Gasteiger partial charge in [-0.1, -0.05) is 18.2 Å². The Balaban J connectivity index is 1.91. The fourth-order valence-corrected chi connectivity index (χ4v) is 2.05. The van der Waals surface area contributed by atoms with Gasteiger partial charge < -0.3 is 10.5 Å². The van der Waals surface area contributed by atoms with Crippen LogP contribution in [0.4, 0.5) is 0 Å². The van der Waals surface area contributed by atoms with Crippen molar-refractivity contribution in [1.29, 1.82) is 0 Å². The zero-order valence-corrected chi connectivity index (χ0v) is 8.97. The zero-order chi connectivity index (χ0) is 11.0. The highest BCUT2D eigenvalue weighted by molar-refractivity contribution is 5.86. The van der Waals surface area contributed by atoms with E-state index in [9.17, 15) is 0 Å². The molecule has 0 saturated heterocycles. The van der Waals surface area contributed by atoms with Gasteiger partial charge in [0.2, 0.25) is 5.88 Å². The lowest BCUT2D eigenvalue weighted by Crippen LogP contribution is -2.43. The van der Waals surface area contributed by atoms with E-state index >= 15 is 0 Å². The minimum Gasteiger partial charge on any atom is -0.474 e. The molecule has 0 aliphatic heterocycles. The molecule has 3 heteroatoms. The summed E-state index contributed by atoms with van der Waals surface area (Å²) in [5.74, 6) is 0.731. The Morgan fingerprint density at radius 1 is 1.19 bits per heavy atom. The summed E-state index contributed by atoms with van der Waals surface area (Å²) in [5, 5.41) is 2.24. The predicted molar refractivity (Wildman–Crippen MR) is 63.4 cm³/mol. The van der Waals surface area contributed by atoms with Gasteiger partial charge in [0.05, 0.1) is 0 Å². The zero-order valence-electron chi connectivity index (χ0n) is 8.97. The van der Waals surface area contributed by atoms with Crippen LogP contribution in [-0.2, 0) is 0 Å². The maximum atomic E-state index is 5.84. The minimum absolute atomic E-state index is 0.244. The smallest absolute Gasteiger partial charge is 0.221 e. The van der Waals surface area contributed by atoms with Gasteiger partial charge in [0, 0.05) is 17.6 Å². The quantitative estimate of drug-likeness (QED) is 0.832. The number of nitrogens with zero attached hydrogens (tertiary/aromatic N) is 1. The van der Waals surface area contributed by atoms with Crippen molar-refractivity contribution in [1.82, 2.24) is 4.98 Å². The molecule has 1 heterocycles. The normalized spacial score (nSPS) is 24.1. The first kappa shape index (κ1) is 9.60. The molecular weight excluding hydrogens is 200 g/mol. The Bertz CT molecular complexity index is 501. The van der Waals surface area contributed by atoms with Crippen LogP contribution < -0.4 is 10.5 Å². The van der Waals surface area contributed by atoms with E-state index in [1.165, 1.54) is 0 Å². The summed E-state index contributed by atoms with van der Waals surface area (Å²) in [6, 6.07) is 10.4. The second-order valence-corrected chi connectivity index (χ2v) is 4.31. The van der Waals surface area contributed by atoms with Crippen LogP contribution in [0.25, 0.3) is 10.8 Å².